The molecule has 2 aliphatic carbocycles. The van der Waals surface area contributed by atoms with E-state index in [2.05, 4.69) is 58.7 Å². The molecular formula is C21H29N3O. The van der Waals surface area contributed by atoms with Crippen LogP contribution in [0.5, 0.6) is 0 Å². The second kappa shape index (κ2) is 7.00. The molecule has 0 radical (unpaired) electrons. The summed E-state index contributed by atoms with van der Waals surface area (Å²) < 4.78 is 0. The predicted octanol–water partition coefficient (Wildman–Crippen LogP) is 3.69. The Labute approximate surface area is 150 Å². The van der Waals surface area contributed by atoms with Gasteiger partial charge in [0.25, 0.3) is 0 Å². The van der Waals surface area contributed by atoms with E-state index >= 15 is 0 Å². The van der Waals surface area contributed by atoms with Gasteiger partial charge in [0.1, 0.15) is 0 Å². The van der Waals surface area contributed by atoms with Gasteiger partial charge in [-0.3, -0.25) is 0 Å². The normalized spacial score (nSPS) is 28.4. The summed E-state index contributed by atoms with van der Waals surface area (Å²) in [5.41, 5.74) is 3.47. The van der Waals surface area contributed by atoms with E-state index in [1.807, 2.05) is 0 Å². The summed E-state index contributed by atoms with van der Waals surface area (Å²) in [5, 5.41) is 6.86. The van der Waals surface area contributed by atoms with E-state index in [1.165, 1.54) is 37.9 Å². The maximum atomic E-state index is 10.2. The fourth-order valence-corrected chi connectivity index (χ4v) is 4.93. The Hall–Kier alpha value is -1.52. The third kappa shape index (κ3) is 3.70. The Bertz CT molecular complexity index is 628. The molecule has 4 rings (SSSR count). The first-order valence-corrected chi connectivity index (χ1v) is 9.74. The van der Waals surface area contributed by atoms with Gasteiger partial charge >= 0.3 is 0 Å². The van der Waals surface area contributed by atoms with E-state index in [0.717, 1.165) is 18.9 Å². The highest BCUT2D eigenvalue weighted by Crippen LogP contribution is 2.50. The molecule has 25 heavy (non-hydrogen) atoms. The Kier molecular flexibility index (Phi) is 4.74. The van der Waals surface area contributed by atoms with Crippen molar-refractivity contribution >= 4 is 6.08 Å². The summed E-state index contributed by atoms with van der Waals surface area (Å²) in [7, 11) is 0. The molecule has 2 atom stereocenters. The number of nitrogens with zero attached hydrogens (tertiary/aromatic N) is 2. The molecule has 3 aliphatic rings. The van der Waals surface area contributed by atoms with Crippen molar-refractivity contribution in [1.29, 1.82) is 0 Å². The highest BCUT2D eigenvalue weighted by atomic mass is 16.3. The highest BCUT2D eigenvalue weighted by molar-refractivity contribution is 5.54. The number of hydrogen-bond acceptors (Lipinski definition) is 4. The van der Waals surface area contributed by atoms with Crippen molar-refractivity contribution in [3.63, 3.8) is 0 Å². The fraction of sp³-hybridized carbons (Fsp3) is 0.619. The van der Waals surface area contributed by atoms with Crippen molar-refractivity contribution in [2.75, 3.05) is 26.2 Å². The molecule has 3 fully saturated rings. The monoisotopic (exact) mass is 339 g/mol. The Morgan fingerprint density at radius 2 is 2.08 bits per heavy atom. The summed E-state index contributed by atoms with van der Waals surface area (Å²) in [6.07, 6.45) is 7.45. The van der Waals surface area contributed by atoms with Crippen molar-refractivity contribution in [2.45, 2.75) is 44.7 Å². The molecule has 2 saturated carbocycles. The van der Waals surface area contributed by atoms with E-state index in [0.29, 0.717) is 24.0 Å². The molecule has 1 heterocycles. The third-order valence-corrected chi connectivity index (χ3v) is 6.26. The lowest BCUT2D eigenvalue weighted by Crippen LogP contribution is -2.66. The molecule has 1 saturated heterocycles. The van der Waals surface area contributed by atoms with Crippen LogP contribution in [0, 0.1) is 16.2 Å². The van der Waals surface area contributed by atoms with Gasteiger partial charge in [0.2, 0.25) is 0 Å². The molecule has 4 nitrogen and oxygen atoms in total. The van der Waals surface area contributed by atoms with E-state index in [-0.39, 0.29) is 0 Å². The molecule has 0 bridgehead atoms. The molecule has 1 aliphatic heterocycles. The van der Waals surface area contributed by atoms with Gasteiger partial charge in [-0.05, 0) is 42.6 Å². The van der Waals surface area contributed by atoms with E-state index in [1.54, 1.807) is 5.57 Å². The number of rotatable bonds is 8. The number of nitroso groups, excluding NO2 is 1. The minimum atomic E-state index is 0.440. The molecule has 1 aromatic rings. The van der Waals surface area contributed by atoms with Crippen LogP contribution in [0.1, 0.15) is 38.2 Å². The molecule has 1 spiro atoms. The smallest absolute Gasteiger partial charge is 0.0938 e. The van der Waals surface area contributed by atoms with Crippen LogP contribution < -0.4 is 5.32 Å². The molecular weight excluding hydrogens is 310 g/mol. The van der Waals surface area contributed by atoms with Crippen LogP contribution in [-0.2, 0) is 0 Å². The standard InChI is InChI=1S/C21H29N3O/c1-2-17(10-16-6-4-3-5-7-16)19-11-20(19)23-18-12-21(13-18)14-24(15-21)9-8-22-25/h3-7,10,18-20,23H,2,8-9,11-15H2,1H3/b17-10+/t19?,20-/m1/s1. The van der Waals surface area contributed by atoms with Crippen LogP contribution >= 0.6 is 0 Å². The van der Waals surface area contributed by atoms with Gasteiger partial charge in [0.05, 0.1) is 6.54 Å². The van der Waals surface area contributed by atoms with Gasteiger partial charge in [0, 0.05) is 31.7 Å². The van der Waals surface area contributed by atoms with Crippen molar-refractivity contribution in [3.8, 4) is 0 Å². The minimum Gasteiger partial charge on any atom is -0.311 e. The largest absolute Gasteiger partial charge is 0.311 e. The Morgan fingerprint density at radius 1 is 1.32 bits per heavy atom. The summed E-state index contributed by atoms with van der Waals surface area (Å²) in [5.74, 6) is 0.735. The van der Waals surface area contributed by atoms with Gasteiger partial charge in [-0.2, -0.15) is 4.91 Å². The molecule has 0 aromatic heterocycles. The first kappa shape index (κ1) is 16.9. The van der Waals surface area contributed by atoms with Crippen LogP contribution in [0.3, 0.4) is 0 Å². The van der Waals surface area contributed by atoms with Crippen LogP contribution in [0.15, 0.2) is 41.1 Å². The number of benzene rings is 1. The zero-order valence-electron chi connectivity index (χ0n) is 15.2. The number of hydrogen-bond donors (Lipinski definition) is 1. The second-order valence-corrected chi connectivity index (χ2v) is 8.27. The van der Waals surface area contributed by atoms with Gasteiger partial charge in [0.15, 0.2) is 0 Å². The SMILES string of the molecule is CC/C(=C\c1ccccc1)C1C[C@H]1NC1CC2(C1)CN(CCN=O)C2. The molecule has 1 N–H and O–H groups in total. The molecule has 0 amide bonds. The van der Waals surface area contributed by atoms with Crippen molar-refractivity contribution < 1.29 is 0 Å². The molecule has 134 valence electrons. The summed E-state index contributed by atoms with van der Waals surface area (Å²) in [6.45, 7) is 5.90. The first-order chi connectivity index (χ1) is 12.2. The maximum absolute atomic E-state index is 10.2. The fourth-order valence-electron chi connectivity index (χ4n) is 4.93. The summed E-state index contributed by atoms with van der Waals surface area (Å²) in [4.78, 5) is 12.6. The van der Waals surface area contributed by atoms with Gasteiger partial charge in [-0.1, -0.05) is 54.1 Å². The number of nitrogens with one attached hydrogen (secondary N) is 1. The van der Waals surface area contributed by atoms with E-state index in [4.69, 9.17) is 0 Å². The molecule has 1 unspecified atom stereocenters. The van der Waals surface area contributed by atoms with Crippen LogP contribution in [0.2, 0.25) is 0 Å². The van der Waals surface area contributed by atoms with Crippen LogP contribution in [0.25, 0.3) is 6.08 Å². The zero-order chi connectivity index (χ0) is 17.3. The lowest BCUT2D eigenvalue weighted by molar-refractivity contribution is -0.0772. The zero-order valence-corrected chi connectivity index (χ0v) is 15.2. The average Bonchev–Trinajstić information content (AvgIpc) is 3.32. The second-order valence-electron chi connectivity index (χ2n) is 8.27. The van der Waals surface area contributed by atoms with Gasteiger partial charge in [-0.25, -0.2) is 0 Å². The lowest BCUT2D eigenvalue weighted by Gasteiger charge is -2.59. The minimum absolute atomic E-state index is 0.440. The average molecular weight is 339 g/mol. The molecule has 1 aromatic carbocycles. The predicted molar refractivity (Wildman–Crippen MR) is 102 cm³/mol. The Balaban J connectivity index is 1.22. The van der Waals surface area contributed by atoms with Crippen LogP contribution in [-0.4, -0.2) is 43.2 Å². The lowest BCUT2D eigenvalue weighted by atomic mass is 9.60. The van der Waals surface area contributed by atoms with Crippen LogP contribution in [0.4, 0.5) is 0 Å². The molecule has 4 heteroatoms. The van der Waals surface area contributed by atoms with Crippen molar-refractivity contribution in [2.24, 2.45) is 16.5 Å². The van der Waals surface area contributed by atoms with Gasteiger partial charge < -0.3 is 10.2 Å². The number of likely N-dealkylation sites (tertiary alicyclic amines) is 1. The topological polar surface area (TPSA) is 44.7 Å². The quantitative estimate of drug-likeness (QED) is 0.735. The summed E-state index contributed by atoms with van der Waals surface area (Å²) in [6, 6.07) is 12.1. The maximum Gasteiger partial charge on any atom is 0.0938 e. The third-order valence-electron chi connectivity index (χ3n) is 6.26. The van der Waals surface area contributed by atoms with Gasteiger partial charge in [-0.15, -0.1) is 0 Å². The van der Waals surface area contributed by atoms with E-state index < -0.39 is 0 Å². The first-order valence-electron chi connectivity index (χ1n) is 9.74. The highest BCUT2D eigenvalue weighted by Gasteiger charge is 2.53. The Morgan fingerprint density at radius 3 is 2.76 bits per heavy atom. The van der Waals surface area contributed by atoms with Crippen molar-refractivity contribution in [1.82, 2.24) is 10.2 Å². The van der Waals surface area contributed by atoms with E-state index in [9.17, 15) is 4.91 Å². The van der Waals surface area contributed by atoms with Crippen molar-refractivity contribution in [3.05, 3.63) is 46.4 Å². The summed E-state index contributed by atoms with van der Waals surface area (Å²) >= 11 is 0.